The van der Waals surface area contributed by atoms with Crippen molar-refractivity contribution in [2.24, 2.45) is 7.05 Å². The van der Waals surface area contributed by atoms with E-state index >= 15 is 0 Å². The zero-order chi connectivity index (χ0) is 20.1. The molecule has 3 rings (SSSR count). The van der Waals surface area contributed by atoms with Crippen LogP contribution < -0.4 is 10.6 Å². The molecule has 0 aliphatic carbocycles. The van der Waals surface area contributed by atoms with Crippen LogP contribution in [-0.4, -0.2) is 52.3 Å². The van der Waals surface area contributed by atoms with E-state index in [2.05, 4.69) is 22.7 Å². The van der Waals surface area contributed by atoms with Gasteiger partial charge in [0.15, 0.2) is 0 Å². The Morgan fingerprint density at radius 1 is 1.14 bits per heavy atom. The predicted octanol–water partition coefficient (Wildman–Crippen LogP) is 2.57. The molecule has 1 saturated heterocycles. The fourth-order valence-electron chi connectivity index (χ4n) is 3.68. The Kier molecular flexibility index (Phi) is 6.34. The summed E-state index contributed by atoms with van der Waals surface area (Å²) < 4.78 is 1.89. The third kappa shape index (κ3) is 4.35. The van der Waals surface area contributed by atoms with Crippen molar-refractivity contribution in [1.29, 1.82) is 0 Å². The fraction of sp³-hybridized carbons (Fsp3) is 0.476. The van der Waals surface area contributed by atoms with Crippen LogP contribution in [-0.2, 0) is 13.5 Å². The van der Waals surface area contributed by atoms with E-state index in [-0.39, 0.29) is 18.0 Å². The minimum atomic E-state index is -0.0649. The van der Waals surface area contributed by atoms with E-state index in [0.29, 0.717) is 25.2 Å². The van der Waals surface area contributed by atoms with Crippen LogP contribution in [0.2, 0.25) is 0 Å². The highest BCUT2D eigenvalue weighted by Gasteiger charge is 2.23. The number of aryl methyl sites for hydroxylation is 1. The van der Waals surface area contributed by atoms with Gasteiger partial charge in [-0.25, -0.2) is 4.79 Å². The summed E-state index contributed by atoms with van der Waals surface area (Å²) >= 11 is 0. The lowest BCUT2D eigenvalue weighted by atomic mass is 10.0. The number of nitrogens with zero attached hydrogens (tertiary/aromatic N) is 3. The maximum Gasteiger partial charge on any atom is 0.317 e. The average molecular weight is 383 g/mol. The Morgan fingerprint density at radius 3 is 2.43 bits per heavy atom. The van der Waals surface area contributed by atoms with Gasteiger partial charge in [-0.3, -0.25) is 9.48 Å². The molecule has 7 nitrogen and oxygen atoms in total. The number of aromatic nitrogens is 2. The Bertz CT molecular complexity index is 820. The van der Waals surface area contributed by atoms with Gasteiger partial charge in [0.25, 0.3) is 5.91 Å². The zero-order valence-electron chi connectivity index (χ0n) is 16.9. The molecule has 28 heavy (non-hydrogen) atoms. The normalized spacial score (nSPS) is 14.8. The van der Waals surface area contributed by atoms with Gasteiger partial charge in [0.2, 0.25) is 0 Å². The Balaban J connectivity index is 1.58. The molecule has 2 heterocycles. The molecule has 0 atom stereocenters. The van der Waals surface area contributed by atoms with Gasteiger partial charge in [0.1, 0.15) is 0 Å². The van der Waals surface area contributed by atoms with Crippen molar-refractivity contribution in [2.45, 2.75) is 39.2 Å². The highest BCUT2D eigenvalue weighted by molar-refractivity contribution is 5.95. The van der Waals surface area contributed by atoms with E-state index in [0.717, 1.165) is 30.4 Å². The fourth-order valence-corrected chi connectivity index (χ4v) is 3.68. The third-order valence-electron chi connectivity index (χ3n) is 5.30. The van der Waals surface area contributed by atoms with Gasteiger partial charge in [-0.05, 0) is 43.9 Å². The molecule has 2 N–H and O–H groups in total. The molecular formula is C21H29N5O2. The monoisotopic (exact) mass is 383 g/mol. The van der Waals surface area contributed by atoms with Crippen LogP contribution in [0.3, 0.4) is 0 Å². The SMILES string of the molecule is CCNC(=O)N1CCC(NC(=O)c2ccc(-c3cnn(C)c3CC)cc2)CC1. The van der Waals surface area contributed by atoms with E-state index in [1.54, 1.807) is 4.90 Å². The standard InChI is InChI=1S/C21H29N5O2/c1-4-19-18(14-23-25(19)3)15-6-8-16(9-7-15)20(27)24-17-10-12-26(13-11-17)21(28)22-5-2/h6-9,14,17H,4-5,10-13H2,1-3H3,(H,22,28)(H,24,27). The number of likely N-dealkylation sites (tertiary alicyclic amines) is 1. The maximum atomic E-state index is 12.6. The molecule has 0 unspecified atom stereocenters. The number of carbonyl (C=O) groups is 2. The first-order chi connectivity index (χ1) is 13.5. The largest absolute Gasteiger partial charge is 0.349 e. The van der Waals surface area contributed by atoms with Crippen LogP contribution in [0.5, 0.6) is 0 Å². The Morgan fingerprint density at radius 2 is 1.82 bits per heavy atom. The molecule has 1 fully saturated rings. The van der Waals surface area contributed by atoms with Gasteiger partial charge in [-0.2, -0.15) is 5.10 Å². The van der Waals surface area contributed by atoms with Crippen LogP contribution in [0.25, 0.3) is 11.1 Å². The lowest BCUT2D eigenvalue weighted by molar-refractivity contribution is 0.0918. The van der Waals surface area contributed by atoms with Crippen molar-refractivity contribution in [1.82, 2.24) is 25.3 Å². The average Bonchev–Trinajstić information content (AvgIpc) is 3.09. The summed E-state index contributed by atoms with van der Waals surface area (Å²) in [5.41, 5.74) is 4.00. The number of benzene rings is 1. The van der Waals surface area contributed by atoms with Crippen molar-refractivity contribution in [3.05, 3.63) is 41.7 Å². The second-order valence-electron chi connectivity index (χ2n) is 7.13. The molecule has 0 saturated carbocycles. The smallest absolute Gasteiger partial charge is 0.317 e. The summed E-state index contributed by atoms with van der Waals surface area (Å²) in [5, 5.41) is 10.3. The highest BCUT2D eigenvalue weighted by atomic mass is 16.2. The van der Waals surface area contributed by atoms with Crippen molar-refractivity contribution < 1.29 is 9.59 Å². The zero-order valence-corrected chi connectivity index (χ0v) is 16.9. The molecule has 0 radical (unpaired) electrons. The van der Waals surface area contributed by atoms with E-state index in [4.69, 9.17) is 0 Å². The molecule has 1 aliphatic heterocycles. The summed E-state index contributed by atoms with van der Waals surface area (Å²) in [4.78, 5) is 26.3. The summed E-state index contributed by atoms with van der Waals surface area (Å²) in [6.45, 7) is 5.98. The minimum absolute atomic E-state index is 0.0234. The minimum Gasteiger partial charge on any atom is -0.349 e. The molecular weight excluding hydrogens is 354 g/mol. The lowest BCUT2D eigenvalue weighted by Gasteiger charge is -2.32. The molecule has 1 aromatic heterocycles. The molecule has 2 aromatic rings. The predicted molar refractivity (Wildman–Crippen MR) is 109 cm³/mol. The first-order valence-electron chi connectivity index (χ1n) is 9.98. The van der Waals surface area contributed by atoms with Gasteiger partial charge < -0.3 is 15.5 Å². The van der Waals surface area contributed by atoms with Crippen molar-refractivity contribution in [3.63, 3.8) is 0 Å². The topological polar surface area (TPSA) is 79.3 Å². The quantitative estimate of drug-likeness (QED) is 0.833. The second kappa shape index (κ2) is 8.91. The summed E-state index contributed by atoms with van der Waals surface area (Å²) in [5.74, 6) is -0.0649. The molecule has 7 heteroatoms. The van der Waals surface area contributed by atoms with Crippen molar-refractivity contribution >= 4 is 11.9 Å². The summed E-state index contributed by atoms with van der Waals surface area (Å²) in [6.07, 6.45) is 4.33. The molecule has 0 spiro atoms. The van der Waals surface area contributed by atoms with Crippen molar-refractivity contribution in [3.8, 4) is 11.1 Å². The van der Waals surface area contributed by atoms with E-state index in [9.17, 15) is 9.59 Å². The number of carbonyl (C=O) groups excluding carboxylic acids is 2. The number of nitrogens with one attached hydrogen (secondary N) is 2. The molecule has 1 aromatic carbocycles. The van der Waals surface area contributed by atoms with Crippen LogP contribution in [0.4, 0.5) is 4.79 Å². The van der Waals surface area contributed by atoms with Gasteiger partial charge in [-0.15, -0.1) is 0 Å². The van der Waals surface area contributed by atoms with Gasteiger partial charge in [0, 0.05) is 49.5 Å². The van der Waals surface area contributed by atoms with Gasteiger partial charge in [-0.1, -0.05) is 19.1 Å². The molecule has 150 valence electrons. The number of amides is 3. The lowest BCUT2D eigenvalue weighted by Crippen LogP contribution is -2.49. The van der Waals surface area contributed by atoms with Crippen LogP contribution in [0.15, 0.2) is 30.5 Å². The van der Waals surface area contributed by atoms with Crippen LogP contribution >= 0.6 is 0 Å². The Hall–Kier alpha value is -2.83. The number of hydrogen-bond acceptors (Lipinski definition) is 3. The second-order valence-corrected chi connectivity index (χ2v) is 7.13. The first kappa shape index (κ1) is 19.9. The molecule has 0 bridgehead atoms. The van der Waals surface area contributed by atoms with Crippen LogP contribution in [0, 0.1) is 0 Å². The first-order valence-corrected chi connectivity index (χ1v) is 9.98. The number of piperidine rings is 1. The molecule has 3 amide bonds. The maximum absolute atomic E-state index is 12.6. The number of urea groups is 1. The van der Waals surface area contributed by atoms with E-state index in [1.807, 2.05) is 49.1 Å². The Labute approximate surface area is 166 Å². The van der Waals surface area contributed by atoms with Gasteiger partial charge >= 0.3 is 6.03 Å². The summed E-state index contributed by atoms with van der Waals surface area (Å²) in [7, 11) is 1.95. The van der Waals surface area contributed by atoms with Crippen molar-refractivity contribution in [2.75, 3.05) is 19.6 Å². The summed E-state index contributed by atoms with van der Waals surface area (Å²) in [6, 6.07) is 7.75. The van der Waals surface area contributed by atoms with Gasteiger partial charge in [0.05, 0.1) is 6.20 Å². The van der Waals surface area contributed by atoms with Crippen LogP contribution in [0.1, 0.15) is 42.7 Å². The highest BCUT2D eigenvalue weighted by Crippen LogP contribution is 2.24. The molecule has 1 aliphatic rings. The van der Waals surface area contributed by atoms with E-state index < -0.39 is 0 Å². The number of hydrogen-bond donors (Lipinski definition) is 2. The number of rotatable bonds is 5. The van der Waals surface area contributed by atoms with E-state index in [1.165, 1.54) is 5.69 Å². The third-order valence-corrected chi connectivity index (χ3v) is 5.30.